The average Bonchev–Trinajstić information content (AvgIpc) is 3.55. The molecular weight excluding hydrogens is 550 g/mol. The molecule has 0 saturated carbocycles. The maximum atomic E-state index is 5.06. The minimum atomic E-state index is 0.692. The molecule has 0 unspecified atom stereocenters. The number of hydrogen-bond acceptors (Lipinski definition) is 4. The Morgan fingerprint density at radius 3 is 1.84 bits per heavy atom. The van der Waals surface area contributed by atoms with E-state index >= 15 is 0 Å². The molecule has 0 saturated heterocycles. The first kappa shape index (κ1) is 26.9. The van der Waals surface area contributed by atoms with Crippen LogP contribution in [0.3, 0.4) is 0 Å². The summed E-state index contributed by atoms with van der Waals surface area (Å²) in [4.78, 5) is 15.1. The number of pyridine rings is 3. The van der Waals surface area contributed by atoms with Gasteiger partial charge in [0.2, 0.25) is 0 Å². The Hall–Kier alpha value is -5.68. The zero-order chi connectivity index (χ0) is 30.3. The second kappa shape index (κ2) is 11.1. The maximum Gasteiger partial charge on any atom is 0.182 e. The molecule has 0 fully saturated rings. The van der Waals surface area contributed by atoms with Gasteiger partial charge in [0.1, 0.15) is 0 Å². The molecule has 0 aliphatic rings. The predicted octanol–water partition coefficient (Wildman–Crippen LogP) is 9.62. The topological polar surface area (TPSA) is 56.0 Å². The maximum absolute atomic E-state index is 5.06. The van der Waals surface area contributed by atoms with E-state index in [2.05, 4.69) is 129 Å². The monoisotopic (exact) mass is 581 g/mol. The van der Waals surface area contributed by atoms with Gasteiger partial charge < -0.3 is 0 Å². The molecule has 4 heterocycles. The summed E-state index contributed by atoms with van der Waals surface area (Å²) in [6.07, 6.45) is 3.85. The summed E-state index contributed by atoms with van der Waals surface area (Å²) in [6.45, 7) is 4.28. The number of aryl methyl sites for hydroxylation is 2. The van der Waals surface area contributed by atoms with Gasteiger partial charge in [-0.25, -0.2) is 9.50 Å². The molecule has 0 amide bonds. The quantitative estimate of drug-likeness (QED) is 0.184. The molecular formula is C40H31N5. The normalized spacial score (nSPS) is 11.5. The van der Waals surface area contributed by atoms with Gasteiger partial charge in [0.15, 0.2) is 11.5 Å². The highest BCUT2D eigenvalue weighted by molar-refractivity contribution is 6.10. The van der Waals surface area contributed by atoms with E-state index in [0.29, 0.717) is 5.82 Å². The molecule has 0 spiro atoms. The third-order valence-electron chi connectivity index (χ3n) is 8.56. The number of aromatic nitrogens is 5. The molecule has 0 N–H and O–H groups in total. The van der Waals surface area contributed by atoms with Gasteiger partial charge in [0.25, 0.3) is 0 Å². The van der Waals surface area contributed by atoms with Crippen molar-refractivity contribution in [2.75, 3.05) is 0 Å². The van der Waals surface area contributed by atoms with E-state index in [9.17, 15) is 0 Å². The molecule has 0 aliphatic heterocycles. The average molecular weight is 582 g/mol. The second-order valence-electron chi connectivity index (χ2n) is 11.4. The molecule has 0 radical (unpaired) electrons. The van der Waals surface area contributed by atoms with E-state index in [1.54, 1.807) is 0 Å². The van der Waals surface area contributed by atoms with Crippen molar-refractivity contribution in [2.45, 2.75) is 26.7 Å². The number of rotatable bonds is 6. The van der Waals surface area contributed by atoms with Crippen molar-refractivity contribution < 1.29 is 0 Å². The number of benzene rings is 4. The first-order valence-corrected chi connectivity index (χ1v) is 15.5. The third-order valence-corrected chi connectivity index (χ3v) is 8.56. The molecule has 5 nitrogen and oxygen atoms in total. The number of nitrogens with zero attached hydrogens (tertiary/aromatic N) is 5. The Labute approximate surface area is 261 Å². The van der Waals surface area contributed by atoms with Crippen LogP contribution in [-0.4, -0.2) is 24.6 Å². The van der Waals surface area contributed by atoms with E-state index in [-0.39, 0.29) is 0 Å². The lowest BCUT2D eigenvalue weighted by molar-refractivity contribution is 0.968. The van der Waals surface area contributed by atoms with Crippen LogP contribution >= 0.6 is 0 Å². The van der Waals surface area contributed by atoms with Crippen molar-refractivity contribution in [3.05, 3.63) is 139 Å². The van der Waals surface area contributed by atoms with Crippen molar-refractivity contribution >= 4 is 27.5 Å². The number of hydrogen-bond donors (Lipinski definition) is 0. The summed E-state index contributed by atoms with van der Waals surface area (Å²) >= 11 is 0. The lowest BCUT2D eigenvalue weighted by Gasteiger charge is -2.12. The Morgan fingerprint density at radius 1 is 0.511 bits per heavy atom. The van der Waals surface area contributed by atoms with Gasteiger partial charge >= 0.3 is 0 Å². The highest BCUT2D eigenvalue weighted by Gasteiger charge is 2.16. The molecule has 4 aromatic carbocycles. The molecule has 216 valence electrons. The predicted molar refractivity (Wildman–Crippen MR) is 184 cm³/mol. The SMILES string of the molecule is CCc1ccc2cc(-c3ccc(-c4nc5c(-c6ccccc6)cc(-c6ccccc6)cn5n4)cc3)c3ccc(CC)nc3c2n1. The summed E-state index contributed by atoms with van der Waals surface area (Å²) in [5.74, 6) is 0.692. The fourth-order valence-corrected chi connectivity index (χ4v) is 6.11. The largest absolute Gasteiger partial charge is 0.251 e. The molecule has 0 aliphatic carbocycles. The highest BCUT2D eigenvalue weighted by Crippen LogP contribution is 2.35. The second-order valence-corrected chi connectivity index (χ2v) is 11.4. The Balaban J connectivity index is 1.24. The highest BCUT2D eigenvalue weighted by atomic mass is 15.3. The smallest absolute Gasteiger partial charge is 0.182 e. The van der Waals surface area contributed by atoms with Crippen molar-refractivity contribution in [3.8, 4) is 44.8 Å². The molecule has 45 heavy (non-hydrogen) atoms. The standard InChI is InChI=1S/C40H31N5/c1-3-32-20-19-30-23-35(34-22-21-33(4-2)42-38(34)37(30)41-32)28-15-17-29(18-16-28)39-43-40-36(27-13-9-6-10-14-27)24-31(25-45(40)44-39)26-11-7-5-8-12-26/h5-25H,3-4H2,1-2H3. The van der Waals surface area contributed by atoms with Crippen LogP contribution in [0, 0.1) is 0 Å². The van der Waals surface area contributed by atoms with E-state index in [1.165, 1.54) is 0 Å². The Morgan fingerprint density at radius 2 is 1.13 bits per heavy atom. The minimum absolute atomic E-state index is 0.692. The van der Waals surface area contributed by atoms with Gasteiger partial charge in [-0.3, -0.25) is 9.97 Å². The number of fused-ring (bicyclic) bond motifs is 4. The molecule has 4 aromatic heterocycles. The van der Waals surface area contributed by atoms with Crippen LogP contribution in [0.4, 0.5) is 0 Å². The third kappa shape index (κ3) is 4.83. The van der Waals surface area contributed by atoms with E-state index < -0.39 is 0 Å². The zero-order valence-electron chi connectivity index (χ0n) is 25.3. The summed E-state index contributed by atoms with van der Waals surface area (Å²) in [7, 11) is 0. The van der Waals surface area contributed by atoms with Crippen molar-refractivity contribution in [1.29, 1.82) is 0 Å². The van der Waals surface area contributed by atoms with Crippen molar-refractivity contribution in [1.82, 2.24) is 24.6 Å². The lowest BCUT2D eigenvalue weighted by atomic mass is 9.96. The fraction of sp³-hybridized carbons (Fsp3) is 0.100. The van der Waals surface area contributed by atoms with Crippen LogP contribution in [-0.2, 0) is 12.8 Å². The van der Waals surface area contributed by atoms with E-state index in [1.807, 2.05) is 16.6 Å². The molecule has 8 aromatic rings. The first-order chi connectivity index (χ1) is 22.2. The first-order valence-electron chi connectivity index (χ1n) is 15.5. The Kier molecular flexibility index (Phi) is 6.64. The summed E-state index contributed by atoms with van der Waals surface area (Å²) < 4.78 is 1.92. The van der Waals surface area contributed by atoms with Crippen molar-refractivity contribution in [2.24, 2.45) is 0 Å². The van der Waals surface area contributed by atoms with Crippen LogP contribution in [0.25, 0.3) is 72.2 Å². The van der Waals surface area contributed by atoms with Gasteiger partial charge in [-0.05, 0) is 59.4 Å². The zero-order valence-corrected chi connectivity index (χ0v) is 25.3. The summed E-state index contributed by atoms with van der Waals surface area (Å²) in [6, 6.07) is 42.5. The lowest BCUT2D eigenvalue weighted by Crippen LogP contribution is -1.95. The Bertz CT molecular complexity index is 2320. The van der Waals surface area contributed by atoms with Crippen LogP contribution < -0.4 is 0 Å². The van der Waals surface area contributed by atoms with Gasteiger partial charge in [-0.1, -0.05) is 111 Å². The van der Waals surface area contributed by atoms with Gasteiger partial charge in [-0.15, -0.1) is 5.10 Å². The van der Waals surface area contributed by atoms with E-state index in [4.69, 9.17) is 20.1 Å². The van der Waals surface area contributed by atoms with Crippen LogP contribution in [0.1, 0.15) is 25.2 Å². The van der Waals surface area contributed by atoms with Crippen molar-refractivity contribution in [3.63, 3.8) is 0 Å². The van der Waals surface area contributed by atoms with Crippen LogP contribution in [0.15, 0.2) is 128 Å². The minimum Gasteiger partial charge on any atom is -0.251 e. The van der Waals surface area contributed by atoms with Crippen LogP contribution in [0.2, 0.25) is 0 Å². The van der Waals surface area contributed by atoms with Gasteiger partial charge in [0, 0.05) is 45.0 Å². The van der Waals surface area contributed by atoms with Gasteiger partial charge in [0.05, 0.1) is 11.0 Å². The molecule has 8 rings (SSSR count). The fourth-order valence-electron chi connectivity index (χ4n) is 6.11. The molecule has 5 heteroatoms. The van der Waals surface area contributed by atoms with E-state index in [0.717, 1.165) is 90.6 Å². The van der Waals surface area contributed by atoms with Crippen LogP contribution in [0.5, 0.6) is 0 Å². The molecule has 0 bridgehead atoms. The summed E-state index contributed by atoms with van der Waals surface area (Å²) in [5.41, 5.74) is 12.5. The molecule has 0 atom stereocenters. The van der Waals surface area contributed by atoms with Gasteiger partial charge in [-0.2, -0.15) is 0 Å². The summed E-state index contributed by atoms with van der Waals surface area (Å²) in [5, 5.41) is 7.18.